The topological polar surface area (TPSA) is 32.3 Å². The van der Waals surface area contributed by atoms with E-state index in [9.17, 15) is 4.79 Å². The molecule has 0 radical (unpaired) electrons. The van der Waals surface area contributed by atoms with Gasteiger partial charge in [-0.2, -0.15) is 0 Å². The van der Waals surface area contributed by atoms with E-state index in [0.29, 0.717) is 6.54 Å². The van der Waals surface area contributed by atoms with Crippen LogP contribution in [0.3, 0.4) is 0 Å². The Labute approximate surface area is 129 Å². The maximum atomic E-state index is 12.5. The molecule has 21 heavy (non-hydrogen) atoms. The molecule has 1 aliphatic rings. The predicted molar refractivity (Wildman–Crippen MR) is 86.4 cm³/mol. The second-order valence-corrected chi connectivity index (χ2v) is 6.31. The number of urea groups is 1. The highest BCUT2D eigenvalue weighted by Crippen LogP contribution is 2.35. The number of thiophene rings is 1. The SMILES string of the molecule is CCC1c2ccsc2CCN1C(=O)NCc1ccccc1. The normalized spacial score (nSPS) is 17.4. The molecule has 1 aromatic carbocycles. The van der Waals surface area contributed by atoms with Gasteiger partial charge in [0.1, 0.15) is 0 Å². The Morgan fingerprint density at radius 2 is 2.14 bits per heavy atom. The van der Waals surface area contributed by atoms with Crippen molar-refractivity contribution in [2.24, 2.45) is 0 Å². The van der Waals surface area contributed by atoms with Crippen LogP contribution in [0.15, 0.2) is 41.8 Å². The zero-order chi connectivity index (χ0) is 14.7. The number of nitrogens with one attached hydrogen (secondary N) is 1. The largest absolute Gasteiger partial charge is 0.334 e. The smallest absolute Gasteiger partial charge is 0.318 e. The molecule has 1 N–H and O–H groups in total. The zero-order valence-electron chi connectivity index (χ0n) is 12.2. The first-order valence-electron chi connectivity index (χ1n) is 7.44. The molecular weight excluding hydrogens is 280 g/mol. The Kier molecular flexibility index (Phi) is 4.25. The fourth-order valence-electron chi connectivity index (χ4n) is 2.95. The number of hydrogen-bond acceptors (Lipinski definition) is 2. The van der Waals surface area contributed by atoms with Crippen molar-refractivity contribution >= 4 is 17.4 Å². The Bertz CT molecular complexity index is 608. The summed E-state index contributed by atoms with van der Waals surface area (Å²) in [6.07, 6.45) is 1.94. The molecule has 110 valence electrons. The summed E-state index contributed by atoms with van der Waals surface area (Å²) in [5, 5.41) is 5.18. The van der Waals surface area contributed by atoms with Crippen LogP contribution in [-0.2, 0) is 13.0 Å². The van der Waals surface area contributed by atoms with Gasteiger partial charge in [0.15, 0.2) is 0 Å². The molecule has 0 saturated heterocycles. The number of amides is 2. The van der Waals surface area contributed by atoms with E-state index >= 15 is 0 Å². The minimum atomic E-state index is 0.0440. The van der Waals surface area contributed by atoms with Crippen molar-refractivity contribution in [1.29, 1.82) is 0 Å². The Balaban J connectivity index is 1.67. The van der Waals surface area contributed by atoms with Crippen LogP contribution in [0.2, 0.25) is 0 Å². The number of carbonyl (C=O) groups excluding carboxylic acids is 1. The van der Waals surface area contributed by atoms with Crippen LogP contribution in [-0.4, -0.2) is 17.5 Å². The van der Waals surface area contributed by atoms with Crippen LogP contribution in [0.25, 0.3) is 0 Å². The summed E-state index contributed by atoms with van der Waals surface area (Å²) in [7, 11) is 0. The van der Waals surface area contributed by atoms with Gasteiger partial charge in [0.25, 0.3) is 0 Å². The minimum Gasteiger partial charge on any atom is -0.334 e. The number of fused-ring (bicyclic) bond motifs is 1. The van der Waals surface area contributed by atoms with E-state index in [0.717, 1.165) is 24.9 Å². The van der Waals surface area contributed by atoms with Gasteiger partial charge in [0, 0.05) is 18.0 Å². The fraction of sp³-hybridized carbons (Fsp3) is 0.353. The van der Waals surface area contributed by atoms with Crippen molar-refractivity contribution in [2.45, 2.75) is 32.4 Å². The van der Waals surface area contributed by atoms with Gasteiger partial charge in [-0.25, -0.2) is 4.79 Å². The van der Waals surface area contributed by atoms with E-state index in [-0.39, 0.29) is 12.1 Å². The molecule has 0 bridgehead atoms. The summed E-state index contributed by atoms with van der Waals surface area (Å²) in [5.41, 5.74) is 2.47. The van der Waals surface area contributed by atoms with Gasteiger partial charge in [-0.3, -0.25) is 0 Å². The maximum Gasteiger partial charge on any atom is 0.318 e. The van der Waals surface area contributed by atoms with E-state index in [1.807, 2.05) is 46.6 Å². The van der Waals surface area contributed by atoms with Crippen molar-refractivity contribution in [3.63, 3.8) is 0 Å². The van der Waals surface area contributed by atoms with Crippen LogP contribution < -0.4 is 5.32 Å². The average molecular weight is 300 g/mol. The molecule has 4 heteroatoms. The van der Waals surface area contributed by atoms with Gasteiger partial charge < -0.3 is 10.2 Å². The number of rotatable bonds is 3. The van der Waals surface area contributed by atoms with Crippen molar-refractivity contribution in [3.05, 3.63) is 57.8 Å². The quantitative estimate of drug-likeness (QED) is 0.914. The minimum absolute atomic E-state index is 0.0440. The van der Waals surface area contributed by atoms with E-state index in [4.69, 9.17) is 0 Å². The van der Waals surface area contributed by atoms with Crippen LogP contribution in [0.5, 0.6) is 0 Å². The van der Waals surface area contributed by atoms with Gasteiger partial charge in [0.05, 0.1) is 6.04 Å². The summed E-state index contributed by atoms with van der Waals surface area (Å²) in [5.74, 6) is 0. The molecule has 1 aliphatic heterocycles. The van der Waals surface area contributed by atoms with Crippen molar-refractivity contribution in [1.82, 2.24) is 10.2 Å². The third-order valence-corrected chi connectivity index (χ3v) is 5.03. The number of nitrogens with zero attached hydrogens (tertiary/aromatic N) is 1. The standard InChI is InChI=1S/C17H20N2OS/c1-2-15-14-9-11-21-16(14)8-10-19(15)17(20)18-12-13-6-4-3-5-7-13/h3-7,9,11,15H,2,8,10,12H2,1H3,(H,18,20). The zero-order valence-corrected chi connectivity index (χ0v) is 13.0. The van der Waals surface area contributed by atoms with Gasteiger partial charge >= 0.3 is 6.03 Å². The van der Waals surface area contributed by atoms with Gasteiger partial charge in [-0.15, -0.1) is 11.3 Å². The highest BCUT2D eigenvalue weighted by molar-refractivity contribution is 7.10. The lowest BCUT2D eigenvalue weighted by Crippen LogP contribution is -2.44. The average Bonchev–Trinajstić information content (AvgIpc) is 3.01. The Morgan fingerprint density at radius 3 is 2.90 bits per heavy atom. The summed E-state index contributed by atoms with van der Waals surface area (Å²) in [4.78, 5) is 15.9. The first-order chi connectivity index (χ1) is 10.3. The Morgan fingerprint density at radius 1 is 1.33 bits per heavy atom. The molecule has 0 fully saturated rings. The van der Waals surface area contributed by atoms with Crippen LogP contribution in [0.1, 0.15) is 35.4 Å². The molecular formula is C17H20N2OS. The first-order valence-corrected chi connectivity index (χ1v) is 8.32. The van der Waals surface area contributed by atoms with Crippen molar-refractivity contribution < 1.29 is 4.79 Å². The van der Waals surface area contributed by atoms with Gasteiger partial charge in [-0.1, -0.05) is 37.3 Å². The number of hydrogen-bond donors (Lipinski definition) is 1. The summed E-state index contributed by atoms with van der Waals surface area (Å²) in [6.45, 7) is 3.55. The van der Waals surface area contributed by atoms with E-state index in [1.165, 1.54) is 10.4 Å². The third kappa shape index (κ3) is 2.95. The van der Waals surface area contributed by atoms with E-state index in [1.54, 1.807) is 0 Å². The second kappa shape index (κ2) is 6.31. The lowest BCUT2D eigenvalue weighted by Gasteiger charge is -2.35. The molecule has 0 aliphatic carbocycles. The summed E-state index contributed by atoms with van der Waals surface area (Å²) < 4.78 is 0. The molecule has 0 saturated carbocycles. The molecule has 1 atom stereocenters. The van der Waals surface area contributed by atoms with Crippen molar-refractivity contribution in [3.8, 4) is 0 Å². The second-order valence-electron chi connectivity index (χ2n) is 5.31. The molecule has 3 nitrogen and oxygen atoms in total. The summed E-state index contributed by atoms with van der Waals surface area (Å²) in [6, 6.07) is 12.5. The summed E-state index contributed by atoms with van der Waals surface area (Å²) >= 11 is 1.81. The highest BCUT2D eigenvalue weighted by atomic mass is 32.1. The first kappa shape index (κ1) is 14.1. The lowest BCUT2D eigenvalue weighted by molar-refractivity contribution is 0.167. The molecule has 1 aromatic heterocycles. The van der Waals surface area contributed by atoms with E-state index < -0.39 is 0 Å². The van der Waals surface area contributed by atoms with Crippen LogP contribution >= 0.6 is 11.3 Å². The lowest BCUT2D eigenvalue weighted by atomic mass is 9.98. The van der Waals surface area contributed by atoms with Gasteiger partial charge in [-0.05, 0) is 35.4 Å². The fourth-order valence-corrected chi connectivity index (χ4v) is 3.88. The molecule has 0 spiro atoms. The van der Waals surface area contributed by atoms with E-state index in [2.05, 4.69) is 23.7 Å². The van der Waals surface area contributed by atoms with Crippen LogP contribution in [0, 0.1) is 0 Å². The molecule has 2 aromatic rings. The predicted octanol–water partition coefficient (Wildman–Crippen LogP) is 3.97. The molecule has 2 amide bonds. The molecule has 3 rings (SSSR count). The van der Waals surface area contributed by atoms with Crippen molar-refractivity contribution in [2.75, 3.05) is 6.54 Å². The maximum absolute atomic E-state index is 12.5. The molecule has 2 heterocycles. The number of carbonyl (C=O) groups is 1. The highest BCUT2D eigenvalue weighted by Gasteiger charge is 2.30. The molecule has 1 unspecified atom stereocenters. The third-order valence-electron chi connectivity index (χ3n) is 4.03. The van der Waals surface area contributed by atoms with Gasteiger partial charge in [0.2, 0.25) is 0 Å². The van der Waals surface area contributed by atoms with Crippen LogP contribution in [0.4, 0.5) is 4.79 Å². The Hall–Kier alpha value is -1.81. The monoisotopic (exact) mass is 300 g/mol. The number of benzene rings is 1.